The van der Waals surface area contributed by atoms with Gasteiger partial charge in [-0.3, -0.25) is 0 Å². The first-order chi connectivity index (χ1) is 6.66. The van der Waals surface area contributed by atoms with Crippen molar-refractivity contribution in [2.45, 2.75) is 19.8 Å². The Balaban J connectivity index is 2.27. The Kier molecular flexibility index (Phi) is 2.23. The Morgan fingerprint density at radius 1 is 1.50 bits per heavy atom. The highest BCUT2D eigenvalue weighted by Gasteiger charge is 2.25. The highest BCUT2D eigenvalue weighted by atomic mass is 19.1. The molecule has 1 aromatic rings. The number of amidine groups is 1. The molecular formula is C11H13FN2. The number of aryl methyl sites for hydroxylation is 1. The number of rotatable bonds is 2. The summed E-state index contributed by atoms with van der Waals surface area (Å²) in [5.74, 6) is 0.908. The monoisotopic (exact) mass is 192 g/mol. The van der Waals surface area contributed by atoms with Crippen LogP contribution >= 0.6 is 0 Å². The lowest BCUT2D eigenvalue weighted by molar-refractivity contribution is 0.627. The van der Waals surface area contributed by atoms with Gasteiger partial charge in [0.1, 0.15) is 11.7 Å². The van der Waals surface area contributed by atoms with Gasteiger partial charge in [0.05, 0.1) is 5.69 Å². The van der Waals surface area contributed by atoms with Crippen molar-refractivity contribution < 1.29 is 4.39 Å². The summed E-state index contributed by atoms with van der Waals surface area (Å²) >= 11 is 0. The number of aliphatic imine (C=N–C) groups is 1. The fraction of sp³-hybridized carbons (Fsp3) is 0.364. The molecule has 0 unspecified atom stereocenters. The Morgan fingerprint density at radius 2 is 2.21 bits per heavy atom. The Hall–Kier alpha value is -1.38. The van der Waals surface area contributed by atoms with Crippen LogP contribution in [0.4, 0.5) is 10.1 Å². The summed E-state index contributed by atoms with van der Waals surface area (Å²) < 4.78 is 12.8. The standard InChI is InChI=1S/C11H13FN2/c1-7-6-9(12)4-5-10(7)14-11(13)8-2-3-8/h4-6,8H,2-3H2,1H3,(H2,13,14). The molecule has 0 amide bonds. The van der Waals surface area contributed by atoms with Gasteiger partial charge >= 0.3 is 0 Å². The van der Waals surface area contributed by atoms with Crippen molar-refractivity contribution in [2.75, 3.05) is 0 Å². The van der Waals surface area contributed by atoms with Crippen LogP contribution in [0, 0.1) is 18.7 Å². The molecule has 14 heavy (non-hydrogen) atoms. The van der Waals surface area contributed by atoms with Crippen molar-refractivity contribution in [3.8, 4) is 0 Å². The van der Waals surface area contributed by atoms with Gasteiger partial charge in [0.25, 0.3) is 0 Å². The molecule has 1 saturated carbocycles. The zero-order valence-corrected chi connectivity index (χ0v) is 8.13. The molecule has 1 aliphatic carbocycles. The molecule has 1 aliphatic rings. The van der Waals surface area contributed by atoms with E-state index < -0.39 is 0 Å². The molecule has 0 bridgehead atoms. The van der Waals surface area contributed by atoms with Gasteiger partial charge in [-0.25, -0.2) is 9.38 Å². The van der Waals surface area contributed by atoms with Crippen LogP contribution in [0.1, 0.15) is 18.4 Å². The first kappa shape index (κ1) is 9.19. The van der Waals surface area contributed by atoms with Crippen LogP contribution in [0.15, 0.2) is 23.2 Å². The van der Waals surface area contributed by atoms with Crippen LogP contribution in [0.25, 0.3) is 0 Å². The lowest BCUT2D eigenvalue weighted by Gasteiger charge is -2.01. The molecule has 74 valence electrons. The molecule has 1 aromatic carbocycles. The third-order valence-electron chi connectivity index (χ3n) is 2.40. The number of hydrogen-bond donors (Lipinski definition) is 1. The van der Waals surface area contributed by atoms with E-state index in [1.807, 2.05) is 6.92 Å². The number of nitrogens with two attached hydrogens (primary N) is 1. The number of hydrogen-bond acceptors (Lipinski definition) is 1. The largest absolute Gasteiger partial charge is 0.387 e. The minimum atomic E-state index is -0.230. The maximum Gasteiger partial charge on any atom is 0.123 e. The van der Waals surface area contributed by atoms with E-state index in [1.54, 1.807) is 6.07 Å². The molecular weight excluding hydrogens is 179 g/mol. The summed E-state index contributed by atoms with van der Waals surface area (Å²) in [6.07, 6.45) is 2.27. The summed E-state index contributed by atoms with van der Waals surface area (Å²) in [7, 11) is 0. The SMILES string of the molecule is Cc1cc(F)ccc1N=C(N)C1CC1. The second-order valence-corrected chi connectivity index (χ2v) is 3.74. The third kappa shape index (κ3) is 1.92. The Morgan fingerprint density at radius 3 is 2.79 bits per heavy atom. The van der Waals surface area contributed by atoms with E-state index in [2.05, 4.69) is 4.99 Å². The topological polar surface area (TPSA) is 38.4 Å². The van der Waals surface area contributed by atoms with Gasteiger partial charge in [0, 0.05) is 5.92 Å². The zero-order valence-electron chi connectivity index (χ0n) is 8.13. The molecule has 2 nitrogen and oxygen atoms in total. The minimum Gasteiger partial charge on any atom is -0.387 e. The van der Waals surface area contributed by atoms with Crippen LogP contribution < -0.4 is 5.73 Å². The summed E-state index contributed by atoms with van der Waals surface area (Å²) in [6, 6.07) is 4.55. The third-order valence-corrected chi connectivity index (χ3v) is 2.40. The number of benzene rings is 1. The van der Waals surface area contributed by atoms with Crippen molar-refractivity contribution in [1.82, 2.24) is 0 Å². The first-order valence-electron chi connectivity index (χ1n) is 4.77. The minimum absolute atomic E-state index is 0.230. The van der Waals surface area contributed by atoms with Crippen LogP contribution in [0.3, 0.4) is 0 Å². The lowest BCUT2D eigenvalue weighted by atomic mass is 10.2. The summed E-state index contributed by atoms with van der Waals surface area (Å²) in [6.45, 7) is 1.84. The normalized spacial score (nSPS) is 17.1. The van der Waals surface area contributed by atoms with Crippen molar-refractivity contribution in [3.63, 3.8) is 0 Å². The first-order valence-corrected chi connectivity index (χ1v) is 4.77. The number of halogens is 1. The molecule has 2 N–H and O–H groups in total. The van der Waals surface area contributed by atoms with Crippen LogP contribution in [-0.4, -0.2) is 5.84 Å². The fourth-order valence-corrected chi connectivity index (χ4v) is 1.35. The second-order valence-electron chi connectivity index (χ2n) is 3.74. The van der Waals surface area contributed by atoms with Crippen molar-refractivity contribution in [3.05, 3.63) is 29.6 Å². The van der Waals surface area contributed by atoms with E-state index in [0.717, 1.165) is 24.1 Å². The van der Waals surface area contributed by atoms with Gasteiger partial charge in [-0.1, -0.05) is 0 Å². The highest BCUT2D eigenvalue weighted by Crippen LogP contribution is 2.30. The molecule has 0 heterocycles. The second kappa shape index (κ2) is 3.40. The Labute approximate surface area is 82.7 Å². The van der Waals surface area contributed by atoms with Gasteiger partial charge in [0.15, 0.2) is 0 Å². The maximum absolute atomic E-state index is 12.8. The van der Waals surface area contributed by atoms with Gasteiger partial charge in [-0.2, -0.15) is 0 Å². The summed E-state index contributed by atoms with van der Waals surface area (Å²) in [4.78, 5) is 4.29. The molecule has 0 saturated heterocycles. The smallest absolute Gasteiger partial charge is 0.123 e. The predicted octanol–water partition coefficient (Wildman–Crippen LogP) is 2.53. The quantitative estimate of drug-likeness (QED) is 0.567. The highest BCUT2D eigenvalue weighted by molar-refractivity contribution is 5.87. The maximum atomic E-state index is 12.8. The average molecular weight is 192 g/mol. The average Bonchev–Trinajstić information content (AvgIpc) is 2.92. The van der Waals surface area contributed by atoms with E-state index >= 15 is 0 Å². The molecule has 0 atom stereocenters. The van der Waals surface area contributed by atoms with E-state index in [0.29, 0.717) is 11.8 Å². The van der Waals surface area contributed by atoms with Crippen LogP contribution in [-0.2, 0) is 0 Å². The van der Waals surface area contributed by atoms with Crippen molar-refractivity contribution >= 4 is 11.5 Å². The van der Waals surface area contributed by atoms with Gasteiger partial charge in [0.2, 0.25) is 0 Å². The van der Waals surface area contributed by atoms with E-state index in [4.69, 9.17) is 5.73 Å². The molecule has 0 aliphatic heterocycles. The summed E-state index contributed by atoms with van der Waals surface area (Å²) in [5, 5.41) is 0. The number of nitrogens with zero attached hydrogens (tertiary/aromatic N) is 1. The Bertz CT molecular complexity index is 381. The van der Waals surface area contributed by atoms with Gasteiger partial charge in [-0.15, -0.1) is 0 Å². The van der Waals surface area contributed by atoms with Gasteiger partial charge < -0.3 is 5.73 Å². The lowest BCUT2D eigenvalue weighted by Crippen LogP contribution is -2.13. The fourth-order valence-electron chi connectivity index (χ4n) is 1.35. The van der Waals surface area contributed by atoms with Crippen LogP contribution in [0.5, 0.6) is 0 Å². The molecule has 0 aromatic heterocycles. The zero-order chi connectivity index (χ0) is 10.1. The van der Waals surface area contributed by atoms with E-state index in [1.165, 1.54) is 12.1 Å². The van der Waals surface area contributed by atoms with Crippen LogP contribution in [0.2, 0.25) is 0 Å². The van der Waals surface area contributed by atoms with Gasteiger partial charge in [-0.05, 0) is 43.5 Å². The van der Waals surface area contributed by atoms with Crippen molar-refractivity contribution in [2.24, 2.45) is 16.6 Å². The molecule has 3 heteroatoms. The molecule has 0 radical (unpaired) electrons. The van der Waals surface area contributed by atoms with E-state index in [-0.39, 0.29) is 5.82 Å². The summed E-state index contributed by atoms with van der Waals surface area (Å²) in [5.41, 5.74) is 7.38. The predicted molar refractivity (Wildman–Crippen MR) is 55.1 cm³/mol. The molecule has 2 rings (SSSR count). The molecule has 1 fully saturated rings. The molecule has 0 spiro atoms. The van der Waals surface area contributed by atoms with Crippen molar-refractivity contribution in [1.29, 1.82) is 0 Å². The van der Waals surface area contributed by atoms with E-state index in [9.17, 15) is 4.39 Å².